The minimum atomic E-state index is -0.852. The molecule has 0 radical (unpaired) electrons. The van der Waals surface area contributed by atoms with Crippen LogP contribution in [0.25, 0.3) is 0 Å². The fourth-order valence-electron chi connectivity index (χ4n) is 2.55. The SMILES string of the molecule is CCOc1ccc(/C=N\NC(=O)C(=O)Nc2c(C)cccc2C)cc1OCC. The van der Waals surface area contributed by atoms with Crippen LogP contribution in [-0.2, 0) is 9.59 Å². The van der Waals surface area contributed by atoms with Crippen LogP contribution >= 0.6 is 0 Å². The van der Waals surface area contributed by atoms with Crippen LogP contribution in [0.2, 0.25) is 0 Å². The van der Waals surface area contributed by atoms with Crippen molar-refractivity contribution >= 4 is 23.7 Å². The first kappa shape index (κ1) is 21.0. The van der Waals surface area contributed by atoms with E-state index in [4.69, 9.17) is 9.47 Å². The zero-order valence-corrected chi connectivity index (χ0v) is 16.5. The number of hydrazone groups is 1. The molecule has 2 amide bonds. The maximum absolute atomic E-state index is 12.1. The number of nitrogens with zero attached hydrogens (tertiary/aromatic N) is 1. The van der Waals surface area contributed by atoms with Crippen LogP contribution in [0.1, 0.15) is 30.5 Å². The molecule has 2 rings (SSSR count). The number of rotatable bonds is 7. The number of hydrogen-bond donors (Lipinski definition) is 2. The van der Waals surface area contributed by atoms with Crippen LogP contribution in [0.15, 0.2) is 41.5 Å². The Labute approximate surface area is 164 Å². The summed E-state index contributed by atoms with van der Waals surface area (Å²) in [5.41, 5.74) is 5.30. The van der Waals surface area contributed by atoms with Crippen LogP contribution in [-0.4, -0.2) is 31.2 Å². The van der Waals surface area contributed by atoms with Crippen molar-refractivity contribution in [2.45, 2.75) is 27.7 Å². The van der Waals surface area contributed by atoms with E-state index in [0.29, 0.717) is 36.0 Å². The molecule has 7 nitrogen and oxygen atoms in total. The maximum atomic E-state index is 12.1. The summed E-state index contributed by atoms with van der Waals surface area (Å²) in [4.78, 5) is 24.1. The van der Waals surface area contributed by atoms with Crippen molar-refractivity contribution in [3.8, 4) is 11.5 Å². The largest absolute Gasteiger partial charge is 0.490 e. The summed E-state index contributed by atoms with van der Waals surface area (Å²) in [5, 5.41) is 6.46. The van der Waals surface area contributed by atoms with Gasteiger partial charge in [0.2, 0.25) is 0 Å². The van der Waals surface area contributed by atoms with Gasteiger partial charge in [-0.15, -0.1) is 0 Å². The molecule has 2 aromatic carbocycles. The average Bonchev–Trinajstić information content (AvgIpc) is 2.67. The lowest BCUT2D eigenvalue weighted by Gasteiger charge is -2.11. The van der Waals surface area contributed by atoms with E-state index in [-0.39, 0.29) is 0 Å². The molecule has 0 saturated carbocycles. The number of benzene rings is 2. The number of para-hydroxylation sites is 1. The van der Waals surface area contributed by atoms with E-state index in [1.54, 1.807) is 18.2 Å². The summed E-state index contributed by atoms with van der Waals surface area (Å²) in [6, 6.07) is 10.9. The first-order valence-electron chi connectivity index (χ1n) is 9.06. The Kier molecular flexibility index (Phi) is 7.56. The van der Waals surface area contributed by atoms with Gasteiger partial charge in [0, 0.05) is 5.69 Å². The van der Waals surface area contributed by atoms with Crippen molar-refractivity contribution in [3.63, 3.8) is 0 Å². The predicted molar refractivity (Wildman–Crippen MR) is 109 cm³/mol. The molecular formula is C21H25N3O4. The van der Waals surface area contributed by atoms with Crippen LogP contribution in [0.3, 0.4) is 0 Å². The normalized spacial score (nSPS) is 10.6. The molecule has 0 saturated heterocycles. The van der Waals surface area contributed by atoms with E-state index in [1.165, 1.54) is 6.21 Å². The van der Waals surface area contributed by atoms with E-state index >= 15 is 0 Å². The van der Waals surface area contributed by atoms with Gasteiger partial charge in [-0.05, 0) is 62.6 Å². The van der Waals surface area contributed by atoms with Gasteiger partial charge in [-0.2, -0.15) is 5.10 Å². The second-order valence-corrected chi connectivity index (χ2v) is 5.99. The van der Waals surface area contributed by atoms with Crippen molar-refractivity contribution in [3.05, 3.63) is 53.1 Å². The lowest BCUT2D eigenvalue weighted by molar-refractivity contribution is -0.136. The molecule has 0 atom stereocenters. The molecule has 0 aliphatic carbocycles. The summed E-state index contributed by atoms with van der Waals surface area (Å²) < 4.78 is 11.0. The molecular weight excluding hydrogens is 358 g/mol. The fourth-order valence-corrected chi connectivity index (χ4v) is 2.55. The standard InChI is InChI=1S/C21H25N3O4/c1-5-27-17-11-10-16(12-18(17)28-6-2)13-22-24-21(26)20(25)23-19-14(3)8-7-9-15(19)4/h7-13H,5-6H2,1-4H3,(H,23,25)(H,24,26)/b22-13-. The first-order chi connectivity index (χ1) is 13.5. The third kappa shape index (κ3) is 5.57. The number of amides is 2. The van der Waals surface area contributed by atoms with Crippen LogP contribution in [0.5, 0.6) is 11.5 Å². The van der Waals surface area contributed by atoms with Crippen LogP contribution < -0.4 is 20.2 Å². The molecule has 148 valence electrons. The van der Waals surface area contributed by atoms with Crippen LogP contribution in [0, 0.1) is 13.8 Å². The Hall–Kier alpha value is -3.35. The van der Waals surface area contributed by atoms with Gasteiger partial charge in [0.1, 0.15) is 0 Å². The van der Waals surface area contributed by atoms with Crippen molar-refractivity contribution in [1.82, 2.24) is 5.43 Å². The minimum Gasteiger partial charge on any atom is -0.490 e. The lowest BCUT2D eigenvalue weighted by Crippen LogP contribution is -2.32. The van der Waals surface area contributed by atoms with E-state index in [1.807, 2.05) is 45.9 Å². The summed E-state index contributed by atoms with van der Waals surface area (Å²) >= 11 is 0. The van der Waals surface area contributed by atoms with Crippen molar-refractivity contribution in [2.24, 2.45) is 5.10 Å². The topological polar surface area (TPSA) is 89.0 Å². The molecule has 0 aliphatic heterocycles. The number of aryl methyl sites for hydroxylation is 2. The molecule has 0 bridgehead atoms. The van der Waals surface area contributed by atoms with Gasteiger partial charge in [-0.1, -0.05) is 18.2 Å². The highest BCUT2D eigenvalue weighted by Gasteiger charge is 2.15. The number of anilines is 1. The van der Waals surface area contributed by atoms with Gasteiger partial charge < -0.3 is 14.8 Å². The van der Waals surface area contributed by atoms with E-state index in [2.05, 4.69) is 15.8 Å². The monoisotopic (exact) mass is 383 g/mol. The fraction of sp³-hybridized carbons (Fsp3) is 0.286. The van der Waals surface area contributed by atoms with E-state index < -0.39 is 11.8 Å². The highest BCUT2D eigenvalue weighted by molar-refractivity contribution is 6.39. The number of ether oxygens (including phenoxy) is 2. The van der Waals surface area contributed by atoms with Crippen molar-refractivity contribution < 1.29 is 19.1 Å². The van der Waals surface area contributed by atoms with Crippen LogP contribution in [0.4, 0.5) is 5.69 Å². The maximum Gasteiger partial charge on any atom is 0.329 e. The van der Waals surface area contributed by atoms with Gasteiger partial charge in [-0.25, -0.2) is 5.43 Å². The number of hydrogen-bond acceptors (Lipinski definition) is 5. The van der Waals surface area contributed by atoms with Gasteiger partial charge in [0.25, 0.3) is 0 Å². The molecule has 0 unspecified atom stereocenters. The Bertz CT molecular complexity index is 858. The van der Waals surface area contributed by atoms with Gasteiger partial charge >= 0.3 is 11.8 Å². The zero-order valence-electron chi connectivity index (χ0n) is 16.5. The Morgan fingerprint density at radius 3 is 2.25 bits per heavy atom. The van der Waals surface area contributed by atoms with E-state index in [0.717, 1.165) is 11.1 Å². The van der Waals surface area contributed by atoms with Gasteiger partial charge in [-0.3, -0.25) is 9.59 Å². The third-order valence-electron chi connectivity index (χ3n) is 3.87. The molecule has 0 fully saturated rings. The van der Waals surface area contributed by atoms with Gasteiger partial charge in [0.05, 0.1) is 19.4 Å². The first-order valence-corrected chi connectivity index (χ1v) is 9.06. The smallest absolute Gasteiger partial charge is 0.329 e. The summed E-state index contributed by atoms with van der Waals surface area (Å²) in [6.07, 6.45) is 1.43. The summed E-state index contributed by atoms with van der Waals surface area (Å²) in [5.74, 6) is -0.406. The minimum absolute atomic E-state index is 0.496. The quantitative estimate of drug-likeness (QED) is 0.437. The Morgan fingerprint density at radius 2 is 1.61 bits per heavy atom. The number of carbonyl (C=O) groups excluding carboxylic acids is 2. The highest BCUT2D eigenvalue weighted by Crippen LogP contribution is 2.28. The molecule has 0 heterocycles. The molecule has 7 heteroatoms. The molecule has 2 aromatic rings. The third-order valence-corrected chi connectivity index (χ3v) is 3.87. The number of nitrogens with one attached hydrogen (secondary N) is 2. The van der Waals surface area contributed by atoms with Gasteiger partial charge in [0.15, 0.2) is 11.5 Å². The zero-order chi connectivity index (χ0) is 20.5. The highest BCUT2D eigenvalue weighted by atomic mass is 16.5. The second-order valence-electron chi connectivity index (χ2n) is 5.99. The molecule has 2 N–H and O–H groups in total. The Balaban J connectivity index is 2.00. The second kappa shape index (κ2) is 10.1. The molecule has 0 aromatic heterocycles. The molecule has 0 spiro atoms. The molecule has 0 aliphatic rings. The Morgan fingerprint density at radius 1 is 0.964 bits per heavy atom. The van der Waals surface area contributed by atoms with E-state index in [9.17, 15) is 9.59 Å². The van der Waals surface area contributed by atoms with Crippen molar-refractivity contribution in [1.29, 1.82) is 0 Å². The molecule has 28 heavy (non-hydrogen) atoms. The average molecular weight is 383 g/mol. The summed E-state index contributed by atoms with van der Waals surface area (Å²) in [7, 11) is 0. The lowest BCUT2D eigenvalue weighted by atomic mass is 10.1. The predicted octanol–water partition coefficient (Wildman–Crippen LogP) is 3.19. The number of carbonyl (C=O) groups is 2. The summed E-state index contributed by atoms with van der Waals surface area (Å²) in [6.45, 7) is 8.52. The van der Waals surface area contributed by atoms with Crippen molar-refractivity contribution in [2.75, 3.05) is 18.5 Å².